The van der Waals surface area contributed by atoms with Gasteiger partial charge in [-0.1, -0.05) is 30.0 Å². The first-order valence-corrected chi connectivity index (χ1v) is 11.4. The number of aliphatic hydroxyl groups is 2. The first kappa shape index (κ1) is 25.5. The second-order valence-corrected chi connectivity index (χ2v) is 9.55. The summed E-state index contributed by atoms with van der Waals surface area (Å²) in [5.41, 5.74) is -0.400. The summed E-state index contributed by atoms with van der Waals surface area (Å²) in [7, 11) is -2.42. The number of hydrogen-bond donors (Lipinski definition) is 3. The van der Waals surface area contributed by atoms with E-state index in [9.17, 15) is 31.8 Å². The normalized spacial score (nSPS) is 12.3. The predicted molar refractivity (Wildman–Crippen MR) is 119 cm³/mol. The van der Waals surface area contributed by atoms with Crippen LogP contribution in [0.5, 0.6) is 0 Å². The number of benzene rings is 2. The molecule has 0 aliphatic heterocycles. The average Bonchev–Trinajstić information content (AvgIpc) is 3.17. The highest BCUT2D eigenvalue weighted by molar-refractivity contribution is 7.89. The standard InChI is InChI=1S/C23H22F3N3O4S/c1-22(14-30,15-31)28-34(32,33)20-5-3-4-16(12-20)6-7-18-13-27-29(2)21(18)17-8-10-19(11-9-17)23(24,25)26/h3-5,8-13,28,30-31H,14-15H2,1-2H3. The van der Waals surface area contributed by atoms with Crippen molar-refractivity contribution >= 4 is 10.0 Å². The maximum absolute atomic E-state index is 12.9. The van der Waals surface area contributed by atoms with E-state index in [1.54, 1.807) is 13.1 Å². The van der Waals surface area contributed by atoms with Crippen molar-refractivity contribution in [3.8, 4) is 23.1 Å². The van der Waals surface area contributed by atoms with Gasteiger partial charge in [-0.2, -0.15) is 18.3 Å². The molecular formula is C23H22F3N3O4S. The van der Waals surface area contributed by atoms with Crippen molar-refractivity contribution in [2.24, 2.45) is 7.05 Å². The minimum absolute atomic E-state index is 0.110. The van der Waals surface area contributed by atoms with Crippen LogP contribution in [-0.2, 0) is 23.2 Å². The van der Waals surface area contributed by atoms with Crippen LogP contribution in [0.15, 0.2) is 59.6 Å². The summed E-state index contributed by atoms with van der Waals surface area (Å²) in [5, 5.41) is 22.9. The Morgan fingerprint density at radius 3 is 2.29 bits per heavy atom. The quantitative estimate of drug-likeness (QED) is 0.458. The van der Waals surface area contributed by atoms with E-state index in [1.165, 1.54) is 48.1 Å². The largest absolute Gasteiger partial charge is 0.416 e. The number of aryl methyl sites for hydroxylation is 1. The number of aliphatic hydroxyl groups excluding tert-OH is 2. The second kappa shape index (κ2) is 9.60. The van der Waals surface area contributed by atoms with Gasteiger partial charge in [0, 0.05) is 18.2 Å². The molecule has 1 aromatic heterocycles. The summed E-state index contributed by atoms with van der Waals surface area (Å²) in [6, 6.07) is 10.4. The zero-order valence-corrected chi connectivity index (χ0v) is 19.1. The van der Waals surface area contributed by atoms with Crippen LogP contribution in [0.1, 0.15) is 23.6 Å². The SMILES string of the molecule is Cn1ncc(C#Cc2cccc(S(=O)(=O)NC(C)(CO)CO)c2)c1-c1ccc(C(F)(F)F)cc1. The van der Waals surface area contributed by atoms with Crippen molar-refractivity contribution < 1.29 is 31.8 Å². The van der Waals surface area contributed by atoms with Crippen LogP contribution in [0.25, 0.3) is 11.3 Å². The van der Waals surface area contributed by atoms with Gasteiger partial charge in [0.05, 0.1) is 46.7 Å². The summed E-state index contributed by atoms with van der Waals surface area (Å²) in [4.78, 5) is -0.110. The van der Waals surface area contributed by atoms with Gasteiger partial charge in [0.1, 0.15) is 0 Å². The number of aromatic nitrogens is 2. The lowest BCUT2D eigenvalue weighted by Crippen LogP contribution is -2.51. The fourth-order valence-corrected chi connectivity index (χ4v) is 4.50. The molecule has 0 atom stereocenters. The fraction of sp³-hybridized carbons (Fsp3) is 0.261. The smallest absolute Gasteiger partial charge is 0.394 e. The molecule has 0 amide bonds. The Morgan fingerprint density at radius 2 is 1.71 bits per heavy atom. The van der Waals surface area contributed by atoms with Gasteiger partial charge in [-0.3, -0.25) is 4.68 Å². The second-order valence-electron chi connectivity index (χ2n) is 7.87. The number of nitrogens with zero attached hydrogens (tertiary/aromatic N) is 2. The van der Waals surface area contributed by atoms with E-state index in [4.69, 9.17) is 0 Å². The third-order valence-electron chi connectivity index (χ3n) is 4.99. The highest BCUT2D eigenvalue weighted by atomic mass is 32.2. The van der Waals surface area contributed by atoms with Crippen LogP contribution >= 0.6 is 0 Å². The Labute approximate surface area is 194 Å². The molecule has 1 heterocycles. The predicted octanol–water partition coefficient (Wildman–Crippen LogP) is 2.53. The van der Waals surface area contributed by atoms with Crippen LogP contribution in [-0.4, -0.2) is 47.2 Å². The molecular weight excluding hydrogens is 471 g/mol. The van der Waals surface area contributed by atoms with E-state index in [0.29, 0.717) is 22.4 Å². The van der Waals surface area contributed by atoms with Gasteiger partial charge in [0.15, 0.2) is 0 Å². The summed E-state index contributed by atoms with van der Waals surface area (Å²) in [6.45, 7) is 0.158. The minimum atomic E-state index is -4.44. The summed E-state index contributed by atoms with van der Waals surface area (Å²) in [6.07, 6.45) is -2.98. The van der Waals surface area contributed by atoms with Gasteiger partial charge in [0.2, 0.25) is 10.0 Å². The number of halogens is 3. The molecule has 0 saturated heterocycles. The van der Waals surface area contributed by atoms with Crippen LogP contribution in [0.2, 0.25) is 0 Å². The summed E-state index contributed by atoms with van der Waals surface area (Å²) < 4.78 is 67.7. The van der Waals surface area contributed by atoms with Gasteiger partial charge in [-0.25, -0.2) is 13.1 Å². The molecule has 0 aliphatic rings. The number of nitrogens with one attached hydrogen (secondary N) is 1. The molecule has 34 heavy (non-hydrogen) atoms. The van der Waals surface area contributed by atoms with E-state index >= 15 is 0 Å². The Kier molecular flexibility index (Phi) is 7.18. The van der Waals surface area contributed by atoms with Crippen molar-refractivity contribution in [1.82, 2.24) is 14.5 Å². The molecule has 2 aromatic carbocycles. The third kappa shape index (κ3) is 5.66. The molecule has 0 unspecified atom stereocenters. The Bertz CT molecular complexity index is 1330. The topological polar surface area (TPSA) is 104 Å². The molecule has 3 rings (SSSR count). The molecule has 0 radical (unpaired) electrons. The molecule has 180 valence electrons. The third-order valence-corrected chi connectivity index (χ3v) is 6.63. The summed E-state index contributed by atoms with van der Waals surface area (Å²) in [5.74, 6) is 5.74. The van der Waals surface area contributed by atoms with Crippen LogP contribution in [0.4, 0.5) is 13.2 Å². The fourth-order valence-electron chi connectivity index (χ4n) is 3.07. The molecule has 7 nitrogen and oxygen atoms in total. The molecule has 0 bridgehead atoms. The van der Waals surface area contributed by atoms with Crippen molar-refractivity contribution in [1.29, 1.82) is 0 Å². The number of rotatable bonds is 6. The Balaban J connectivity index is 1.93. The average molecular weight is 494 g/mol. The Hall–Kier alpha value is -3.17. The lowest BCUT2D eigenvalue weighted by atomic mass is 10.1. The van der Waals surface area contributed by atoms with Crippen molar-refractivity contribution in [3.63, 3.8) is 0 Å². The van der Waals surface area contributed by atoms with Gasteiger partial charge in [-0.05, 0) is 37.3 Å². The maximum atomic E-state index is 12.9. The Morgan fingerprint density at radius 1 is 1.06 bits per heavy atom. The first-order valence-electron chi connectivity index (χ1n) is 9.96. The van der Waals surface area contributed by atoms with Crippen LogP contribution in [0.3, 0.4) is 0 Å². The number of hydrogen-bond acceptors (Lipinski definition) is 5. The molecule has 0 spiro atoms. The van der Waals surface area contributed by atoms with E-state index < -0.39 is 40.5 Å². The van der Waals surface area contributed by atoms with Gasteiger partial charge in [-0.15, -0.1) is 0 Å². The maximum Gasteiger partial charge on any atom is 0.416 e. The van der Waals surface area contributed by atoms with Crippen molar-refractivity contribution in [2.45, 2.75) is 23.5 Å². The molecule has 11 heteroatoms. The monoisotopic (exact) mass is 493 g/mol. The number of sulfonamides is 1. The molecule has 3 aromatic rings. The lowest BCUT2D eigenvalue weighted by molar-refractivity contribution is -0.137. The molecule has 0 fully saturated rings. The van der Waals surface area contributed by atoms with E-state index in [1.807, 2.05) is 0 Å². The van der Waals surface area contributed by atoms with Crippen LogP contribution < -0.4 is 4.72 Å². The van der Waals surface area contributed by atoms with E-state index in [2.05, 4.69) is 21.7 Å². The lowest BCUT2D eigenvalue weighted by Gasteiger charge is -2.25. The zero-order chi connectivity index (χ0) is 25.1. The van der Waals surface area contributed by atoms with Crippen molar-refractivity contribution in [3.05, 3.63) is 71.4 Å². The summed E-state index contributed by atoms with van der Waals surface area (Å²) >= 11 is 0. The van der Waals surface area contributed by atoms with E-state index in [0.717, 1.165) is 12.1 Å². The van der Waals surface area contributed by atoms with Crippen LogP contribution in [0, 0.1) is 11.8 Å². The zero-order valence-electron chi connectivity index (χ0n) is 18.3. The van der Waals surface area contributed by atoms with Gasteiger partial charge < -0.3 is 10.2 Å². The van der Waals surface area contributed by atoms with Gasteiger partial charge in [0.25, 0.3) is 0 Å². The highest BCUT2D eigenvalue weighted by Gasteiger charge is 2.30. The molecule has 0 saturated carbocycles. The first-order chi connectivity index (χ1) is 15.9. The number of alkyl halides is 3. The molecule has 3 N–H and O–H groups in total. The highest BCUT2D eigenvalue weighted by Crippen LogP contribution is 2.31. The van der Waals surface area contributed by atoms with Gasteiger partial charge >= 0.3 is 6.18 Å². The minimum Gasteiger partial charge on any atom is -0.394 e. The molecule has 0 aliphatic carbocycles. The van der Waals surface area contributed by atoms with Crippen molar-refractivity contribution in [2.75, 3.05) is 13.2 Å². The van der Waals surface area contributed by atoms with E-state index in [-0.39, 0.29) is 4.90 Å².